The number of hydrogen-bond acceptors (Lipinski definition) is 4. The largest absolute Gasteiger partial charge is 0.480 e. The van der Waals surface area contributed by atoms with Crippen molar-refractivity contribution in [2.45, 2.75) is 37.8 Å². The minimum absolute atomic E-state index is 0.0723. The van der Waals surface area contributed by atoms with Gasteiger partial charge in [-0.1, -0.05) is 0 Å². The summed E-state index contributed by atoms with van der Waals surface area (Å²) in [6, 6.07) is -1.88. The third kappa shape index (κ3) is 4.04. The standard InChI is InChI=1S/C10H15N3O5/c11-7(14)3-1-6(10(17)18)13-9(16)5-2-4-8(15)12-5/h5-6H,1-4H2,(H2,11,14)(H,12,15)(H,13,16)(H,17,18). The van der Waals surface area contributed by atoms with E-state index in [0.717, 1.165) is 0 Å². The van der Waals surface area contributed by atoms with Crippen molar-refractivity contribution >= 4 is 23.7 Å². The van der Waals surface area contributed by atoms with E-state index in [1.54, 1.807) is 0 Å². The highest BCUT2D eigenvalue weighted by Gasteiger charge is 2.30. The van der Waals surface area contributed by atoms with Crippen LogP contribution in [-0.4, -0.2) is 40.9 Å². The van der Waals surface area contributed by atoms with E-state index < -0.39 is 29.9 Å². The summed E-state index contributed by atoms with van der Waals surface area (Å²) in [5.41, 5.74) is 4.91. The van der Waals surface area contributed by atoms with Crippen molar-refractivity contribution in [2.75, 3.05) is 0 Å². The van der Waals surface area contributed by atoms with Crippen molar-refractivity contribution in [1.82, 2.24) is 10.6 Å². The molecule has 0 spiro atoms. The van der Waals surface area contributed by atoms with Crippen LogP contribution >= 0.6 is 0 Å². The van der Waals surface area contributed by atoms with Crippen LogP contribution in [0, 0.1) is 0 Å². The Balaban J connectivity index is 2.49. The summed E-state index contributed by atoms with van der Waals surface area (Å²) in [7, 11) is 0. The zero-order chi connectivity index (χ0) is 13.7. The van der Waals surface area contributed by atoms with Crippen LogP contribution in [0.25, 0.3) is 0 Å². The monoisotopic (exact) mass is 257 g/mol. The highest BCUT2D eigenvalue weighted by molar-refractivity contribution is 5.92. The summed E-state index contributed by atoms with van der Waals surface area (Å²) in [6.07, 6.45) is 0.384. The zero-order valence-electron chi connectivity index (χ0n) is 9.64. The minimum Gasteiger partial charge on any atom is -0.480 e. The summed E-state index contributed by atoms with van der Waals surface area (Å²) in [6.45, 7) is 0. The molecule has 1 aliphatic rings. The summed E-state index contributed by atoms with van der Waals surface area (Å²) in [5, 5.41) is 13.6. The molecule has 3 amide bonds. The number of carboxylic acids is 1. The first-order chi connectivity index (χ1) is 8.40. The van der Waals surface area contributed by atoms with E-state index in [4.69, 9.17) is 10.8 Å². The fourth-order valence-electron chi connectivity index (χ4n) is 1.63. The van der Waals surface area contributed by atoms with Gasteiger partial charge in [0.25, 0.3) is 0 Å². The number of carbonyl (C=O) groups excluding carboxylic acids is 3. The quantitative estimate of drug-likeness (QED) is 0.440. The van der Waals surface area contributed by atoms with Crippen LogP contribution in [0.2, 0.25) is 0 Å². The first kappa shape index (κ1) is 13.9. The number of carbonyl (C=O) groups is 4. The first-order valence-corrected chi connectivity index (χ1v) is 5.51. The van der Waals surface area contributed by atoms with Gasteiger partial charge in [-0.15, -0.1) is 0 Å². The number of carboxylic acid groups (broad SMARTS) is 1. The molecule has 0 bridgehead atoms. The average molecular weight is 257 g/mol. The van der Waals surface area contributed by atoms with Crippen molar-refractivity contribution in [3.05, 3.63) is 0 Å². The van der Waals surface area contributed by atoms with E-state index in [-0.39, 0.29) is 25.2 Å². The second-order valence-corrected chi connectivity index (χ2v) is 4.06. The summed E-state index contributed by atoms with van der Waals surface area (Å²) in [5.74, 6) is -2.67. The number of primary amides is 1. The van der Waals surface area contributed by atoms with Crippen molar-refractivity contribution in [1.29, 1.82) is 0 Å². The maximum absolute atomic E-state index is 11.6. The third-order valence-electron chi connectivity index (χ3n) is 2.61. The van der Waals surface area contributed by atoms with Gasteiger partial charge in [0.15, 0.2) is 0 Å². The predicted octanol–water partition coefficient (Wildman–Crippen LogP) is -1.90. The maximum Gasteiger partial charge on any atom is 0.326 e. The second-order valence-electron chi connectivity index (χ2n) is 4.06. The number of nitrogens with two attached hydrogens (primary N) is 1. The molecule has 2 unspecified atom stereocenters. The van der Waals surface area contributed by atoms with E-state index in [9.17, 15) is 19.2 Å². The van der Waals surface area contributed by atoms with Crippen LogP contribution < -0.4 is 16.4 Å². The van der Waals surface area contributed by atoms with Crippen LogP contribution in [0.15, 0.2) is 0 Å². The lowest BCUT2D eigenvalue weighted by Gasteiger charge is -2.16. The molecule has 0 aliphatic carbocycles. The molecule has 0 aromatic carbocycles. The topological polar surface area (TPSA) is 139 Å². The third-order valence-corrected chi connectivity index (χ3v) is 2.61. The second kappa shape index (κ2) is 5.99. The lowest BCUT2D eigenvalue weighted by Crippen LogP contribution is -2.49. The number of rotatable bonds is 6. The van der Waals surface area contributed by atoms with Crippen molar-refractivity contribution in [3.63, 3.8) is 0 Å². The maximum atomic E-state index is 11.6. The molecule has 8 heteroatoms. The highest BCUT2D eigenvalue weighted by atomic mass is 16.4. The fourth-order valence-corrected chi connectivity index (χ4v) is 1.63. The number of aliphatic carboxylic acids is 1. The lowest BCUT2D eigenvalue weighted by atomic mass is 10.1. The Morgan fingerprint density at radius 2 is 2.17 bits per heavy atom. The SMILES string of the molecule is NC(=O)CCC(NC(=O)C1CCC(=O)N1)C(=O)O. The van der Waals surface area contributed by atoms with Gasteiger partial charge in [-0.05, 0) is 12.8 Å². The number of hydrogen-bond donors (Lipinski definition) is 4. The molecule has 0 aromatic heterocycles. The predicted molar refractivity (Wildman–Crippen MR) is 59.2 cm³/mol. The van der Waals surface area contributed by atoms with Gasteiger partial charge in [-0.25, -0.2) is 4.79 Å². The van der Waals surface area contributed by atoms with E-state index >= 15 is 0 Å². The van der Waals surface area contributed by atoms with Gasteiger partial charge in [0, 0.05) is 12.8 Å². The molecular formula is C10H15N3O5. The Labute approximate surface area is 103 Å². The Morgan fingerprint density at radius 3 is 2.61 bits per heavy atom. The van der Waals surface area contributed by atoms with Gasteiger partial charge in [0.2, 0.25) is 17.7 Å². The average Bonchev–Trinajstić information content (AvgIpc) is 2.70. The van der Waals surface area contributed by atoms with E-state index in [2.05, 4.69) is 10.6 Å². The molecule has 1 saturated heterocycles. The van der Waals surface area contributed by atoms with Gasteiger partial charge < -0.3 is 21.5 Å². The minimum atomic E-state index is -1.24. The Bertz CT molecular complexity index is 382. The van der Waals surface area contributed by atoms with Gasteiger partial charge in [-0.2, -0.15) is 0 Å². The van der Waals surface area contributed by atoms with Gasteiger partial charge in [-0.3, -0.25) is 14.4 Å². The van der Waals surface area contributed by atoms with Crippen LogP contribution in [0.5, 0.6) is 0 Å². The molecule has 0 radical (unpaired) electrons. The van der Waals surface area contributed by atoms with Crippen molar-refractivity contribution in [3.8, 4) is 0 Å². The summed E-state index contributed by atoms with van der Waals surface area (Å²) in [4.78, 5) is 44.0. The van der Waals surface area contributed by atoms with Crippen molar-refractivity contribution in [2.24, 2.45) is 5.73 Å². The van der Waals surface area contributed by atoms with Crippen LogP contribution in [0.4, 0.5) is 0 Å². The van der Waals surface area contributed by atoms with Crippen molar-refractivity contribution < 1.29 is 24.3 Å². The molecule has 8 nitrogen and oxygen atoms in total. The highest BCUT2D eigenvalue weighted by Crippen LogP contribution is 2.07. The smallest absolute Gasteiger partial charge is 0.326 e. The molecule has 1 rings (SSSR count). The zero-order valence-corrected chi connectivity index (χ0v) is 9.64. The van der Waals surface area contributed by atoms with Crippen LogP contribution in [0.1, 0.15) is 25.7 Å². The van der Waals surface area contributed by atoms with E-state index in [1.165, 1.54) is 0 Å². The summed E-state index contributed by atoms with van der Waals surface area (Å²) < 4.78 is 0. The summed E-state index contributed by atoms with van der Waals surface area (Å²) >= 11 is 0. The van der Waals surface area contributed by atoms with E-state index in [1.807, 2.05) is 0 Å². The van der Waals surface area contributed by atoms with Crippen LogP contribution in [-0.2, 0) is 19.2 Å². The first-order valence-electron chi connectivity index (χ1n) is 5.51. The number of nitrogens with one attached hydrogen (secondary N) is 2. The van der Waals surface area contributed by atoms with Gasteiger partial charge in [0.05, 0.1) is 0 Å². The molecule has 5 N–H and O–H groups in total. The molecular weight excluding hydrogens is 242 g/mol. The molecule has 100 valence electrons. The van der Waals surface area contributed by atoms with Crippen LogP contribution in [0.3, 0.4) is 0 Å². The lowest BCUT2D eigenvalue weighted by molar-refractivity contribution is -0.142. The molecule has 18 heavy (non-hydrogen) atoms. The molecule has 0 aromatic rings. The Kier molecular flexibility index (Phi) is 4.64. The molecule has 1 heterocycles. The van der Waals surface area contributed by atoms with Gasteiger partial charge in [0.1, 0.15) is 12.1 Å². The Hall–Kier alpha value is -2.12. The molecule has 2 atom stereocenters. The molecule has 0 saturated carbocycles. The Morgan fingerprint density at radius 1 is 1.50 bits per heavy atom. The molecule has 1 fully saturated rings. The number of amides is 3. The normalized spacial score (nSPS) is 20.0. The fraction of sp³-hybridized carbons (Fsp3) is 0.600. The van der Waals surface area contributed by atoms with E-state index in [0.29, 0.717) is 6.42 Å². The van der Waals surface area contributed by atoms with Gasteiger partial charge >= 0.3 is 5.97 Å². The molecule has 1 aliphatic heterocycles.